The Labute approximate surface area is 192 Å². The smallest absolute Gasteiger partial charge is 0.255 e. The molecule has 2 aliphatic heterocycles. The lowest BCUT2D eigenvalue weighted by molar-refractivity contribution is 0.0724. The molecule has 157 valence electrons. The van der Waals surface area contributed by atoms with Crippen LogP contribution < -0.4 is 5.46 Å². The van der Waals surface area contributed by atoms with Crippen molar-refractivity contribution in [3.63, 3.8) is 0 Å². The molecule has 3 radical (unpaired) electrons. The van der Waals surface area contributed by atoms with E-state index in [0.717, 1.165) is 22.0 Å². The number of pyridine rings is 1. The highest BCUT2D eigenvalue weighted by Gasteiger charge is 2.50. The fourth-order valence-corrected chi connectivity index (χ4v) is 5.41. The number of nitrogens with zero attached hydrogens (tertiary/aromatic N) is 4. The number of carbonyl (C=O) groups is 1. The zero-order valence-corrected chi connectivity index (χ0v) is 18.0. The van der Waals surface area contributed by atoms with Crippen LogP contribution in [-0.2, 0) is 18.9 Å². The van der Waals surface area contributed by atoms with Crippen LogP contribution in [0.25, 0.3) is 22.0 Å². The van der Waals surface area contributed by atoms with Crippen LogP contribution in [0.2, 0.25) is 0 Å². The molecule has 1 saturated carbocycles. The van der Waals surface area contributed by atoms with Gasteiger partial charge in [-0.3, -0.25) is 14.5 Å². The number of halogens is 1. The van der Waals surface area contributed by atoms with E-state index in [0.29, 0.717) is 28.2 Å². The first-order valence-corrected chi connectivity index (χ1v) is 11.2. The second kappa shape index (κ2) is 6.34. The van der Waals surface area contributed by atoms with Crippen LogP contribution in [0.1, 0.15) is 45.9 Å². The van der Waals surface area contributed by atoms with E-state index in [9.17, 15) is 4.79 Å². The maximum absolute atomic E-state index is 15.4. The summed E-state index contributed by atoms with van der Waals surface area (Å²) >= 11 is 0. The van der Waals surface area contributed by atoms with Crippen molar-refractivity contribution in [3.8, 4) is 11.1 Å². The van der Waals surface area contributed by atoms with Gasteiger partial charge >= 0.3 is 0 Å². The highest BCUT2D eigenvalue weighted by Crippen LogP contribution is 2.45. The van der Waals surface area contributed by atoms with Gasteiger partial charge in [0.1, 0.15) is 13.7 Å². The van der Waals surface area contributed by atoms with Crippen LogP contribution >= 0.6 is 0 Å². The molecule has 0 saturated heterocycles. The Morgan fingerprint density at radius 1 is 1.21 bits per heavy atom. The predicted octanol–water partition coefficient (Wildman–Crippen LogP) is 2.93. The van der Waals surface area contributed by atoms with Crippen LogP contribution in [0.4, 0.5) is 4.39 Å². The normalized spacial score (nSPS) is 21.0. The Hall–Kier alpha value is -3.41. The van der Waals surface area contributed by atoms with E-state index in [-0.39, 0.29) is 18.3 Å². The maximum atomic E-state index is 15.4. The van der Waals surface area contributed by atoms with Gasteiger partial charge in [0.05, 0.1) is 16.8 Å². The lowest BCUT2D eigenvalue weighted by Crippen LogP contribution is -2.57. The second-order valence-corrected chi connectivity index (χ2v) is 9.33. The molecule has 5 nitrogen and oxygen atoms in total. The van der Waals surface area contributed by atoms with Gasteiger partial charge in [0.25, 0.3) is 5.91 Å². The topological polar surface area (TPSA) is 51.0 Å². The van der Waals surface area contributed by atoms with E-state index in [4.69, 9.17) is 12.9 Å². The fourth-order valence-electron chi connectivity index (χ4n) is 5.41. The van der Waals surface area contributed by atoms with Crippen molar-refractivity contribution in [2.75, 3.05) is 0 Å². The SMILES string of the molecule is [B]C12[B]c3cc(-c4ccc(C5CC5)c5nn(C)cc45)cc(F)c3CN1C(=O)c1cccnc12. The van der Waals surface area contributed by atoms with E-state index >= 15 is 4.39 Å². The molecule has 2 aromatic carbocycles. The van der Waals surface area contributed by atoms with Crippen LogP contribution in [-0.4, -0.2) is 40.7 Å². The molecule has 4 aromatic rings. The minimum absolute atomic E-state index is 0.104. The van der Waals surface area contributed by atoms with Crippen molar-refractivity contribution in [3.05, 3.63) is 77.0 Å². The van der Waals surface area contributed by atoms with Gasteiger partial charge in [-0.05, 0) is 53.6 Å². The number of hydrogen-bond donors (Lipinski definition) is 0. The van der Waals surface area contributed by atoms with E-state index < -0.39 is 5.34 Å². The zero-order valence-electron chi connectivity index (χ0n) is 18.0. The number of aromatic nitrogens is 3. The molecule has 0 bridgehead atoms. The quantitative estimate of drug-likeness (QED) is 0.459. The molecular formula is C25H18B2FN4O. The van der Waals surface area contributed by atoms with Crippen molar-refractivity contribution in [1.82, 2.24) is 19.7 Å². The Balaban J connectivity index is 1.38. The first-order valence-electron chi connectivity index (χ1n) is 11.2. The number of carbonyl (C=O) groups excluding carboxylic acids is 1. The van der Waals surface area contributed by atoms with E-state index in [1.54, 1.807) is 31.7 Å². The van der Waals surface area contributed by atoms with Gasteiger partial charge in [0.2, 0.25) is 0 Å². The lowest BCUT2D eigenvalue weighted by Gasteiger charge is -2.41. The molecule has 8 heteroatoms. The number of hydrogen-bond acceptors (Lipinski definition) is 3. The summed E-state index contributed by atoms with van der Waals surface area (Å²) < 4.78 is 17.3. The molecule has 1 unspecified atom stereocenters. The van der Waals surface area contributed by atoms with E-state index in [1.807, 2.05) is 24.0 Å². The highest BCUT2D eigenvalue weighted by atomic mass is 19.1. The monoisotopic (exact) mass is 431 g/mol. The van der Waals surface area contributed by atoms with Gasteiger partial charge in [-0.15, -0.1) is 0 Å². The number of rotatable bonds is 2. The van der Waals surface area contributed by atoms with Crippen molar-refractivity contribution < 1.29 is 9.18 Å². The van der Waals surface area contributed by atoms with Crippen LogP contribution in [0.15, 0.2) is 48.8 Å². The van der Waals surface area contributed by atoms with Crippen LogP contribution in [0.3, 0.4) is 0 Å². The third kappa shape index (κ3) is 2.58. The molecule has 4 heterocycles. The molecule has 1 atom stereocenters. The molecule has 3 aliphatic rings. The Kier molecular flexibility index (Phi) is 3.67. The summed E-state index contributed by atoms with van der Waals surface area (Å²) in [4.78, 5) is 18.8. The standard InChI is InChI=1S/C25H18B2FN4O/c1-31-11-18-15(6-7-16(13-4-5-13)22(18)30-31)14-9-20-19(21(28)10-14)12-32-24(33)17-3-2-8-29-23(17)25(32,26)27-20/h2-3,6-11,13H,4-5,12H2,1H3. The van der Waals surface area contributed by atoms with E-state index in [1.165, 1.54) is 23.3 Å². The molecule has 1 fully saturated rings. The predicted molar refractivity (Wildman–Crippen MR) is 125 cm³/mol. The van der Waals surface area contributed by atoms with Crippen molar-refractivity contribution in [2.24, 2.45) is 7.05 Å². The van der Waals surface area contributed by atoms with Gasteiger partial charge in [-0.25, -0.2) is 4.39 Å². The van der Waals surface area contributed by atoms with E-state index in [2.05, 4.69) is 17.1 Å². The van der Waals surface area contributed by atoms with Crippen molar-refractivity contribution in [1.29, 1.82) is 0 Å². The summed E-state index contributed by atoms with van der Waals surface area (Å²) in [7, 11) is 10.4. The lowest BCUT2D eigenvalue weighted by atomic mass is 9.41. The molecule has 2 aromatic heterocycles. The molecule has 1 amide bonds. The number of aryl methyl sites for hydroxylation is 1. The first kappa shape index (κ1) is 19.1. The van der Waals surface area contributed by atoms with Gasteiger partial charge in [-0.1, -0.05) is 23.7 Å². The average molecular weight is 431 g/mol. The number of amides is 1. The van der Waals surface area contributed by atoms with Crippen molar-refractivity contribution in [2.45, 2.75) is 30.6 Å². The Bertz CT molecular complexity index is 1510. The molecule has 7 rings (SSSR count). The summed E-state index contributed by atoms with van der Waals surface area (Å²) in [6.07, 6.45) is 6.01. The zero-order chi connectivity index (χ0) is 22.5. The summed E-state index contributed by atoms with van der Waals surface area (Å²) in [5.74, 6) is 0.000130. The summed E-state index contributed by atoms with van der Waals surface area (Å²) in [6.45, 7) is 0.104. The average Bonchev–Trinajstić information content (AvgIpc) is 3.53. The third-order valence-corrected chi connectivity index (χ3v) is 7.18. The van der Waals surface area contributed by atoms with Gasteiger partial charge in [0, 0.05) is 42.3 Å². The fraction of sp³-hybridized carbons (Fsp3) is 0.240. The largest absolute Gasteiger partial charge is 0.339 e. The van der Waals surface area contributed by atoms with Gasteiger partial charge in [-0.2, -0.15) is 5.10 Å². The second-order valence-electron chi connectivity index (χ2n) is 9.33. The Morgan fingerprint density at radius 2 is 2.06 bits per heavy atom. The molecule has 1 aliphatic carbocycles. The van der Waals surface area contributed by atoms with Gasteiger partial charge in [0.15, 0.2) is 7.28 Å². The van der Waals surface area contributed by atoms with Crippen molar-refractivity contribution >= 4 is 37.4 Å². The van der Waals surface area contributed by atoms with Crippen LogP contribution in [0.5, 0.6) is 0 Å². The molecule has 0 spiro atoms. The minimum Gasteiger partial charge on any atom is -0.339 e. The number of benzene rings is 2. The minimum atomic E-state index is -1.19. The molecular weight excluding hydrogens is 413 g/mol. The molecule has 0 N–H and O–H groups in total. The Morgan fingerprint density at radius 3 is 2.88 bits per heavy atom. The van der Waals surface area contributed by atoms with Crippen LogP contribution in [0, 0.1) is 5.82 Å². The third-order valence-electron chi connectivity index (χ3n) is 7.18. The number of fused-ring (bicyclic) bond motifs is 5. The van der Waals surface area contributed by atoms with Gasteiger partial charge < -0.3 is 4.90 Å². The summed E-state index contributed by atoms with van der Waals surface area (Å²) in [5.41, 5.74) is 6.10. The first-order chi connectivity index (χ1) is 15.9. The molecule has 33 heavy (non-hydrogen) atoms. The summed E-state index contributed by atoms with van der Waals surface area (Å²) in [6, 6.07) is 11.2. The summed E-state index contributed by atoms with van der Waals surface area (Å²) in [5, 5.41) is 4.53. The maximum Gasteiger partial charge on any atom is 0.255 e. The highest BCUT2D eigenvalue weighted by molar-refractivity contribution is 6.67.